The highest BCUT2D eigenvalue weighted by atomic mass is 32.2. The minimum absolute atomic E-state index is 0.0790. The number of rotatable bonds is 8. The van der Waals surface area contributed by atoms with Crippen molar-refractivity contribution < 1.29 is 37.7 Å². The number of hydrogen-bond donors (Lipinski definition) is 1. The number of halogens is 1. The van der Waals surface area contributed by atoms with E-state index >= 15 is 0 Å². The van der Waals surface area contributed by atoms with Crippen LogP contribution in [0, 0.1) is 5.82 Å². The zero-order valence-electron chi connectivity index (χ0n) is 21.9. The number of allylic oxidation sites excluding steroid dienone is 1. The van der Waals surface area contributed by atoms with Gasteiger partial charge in [-0.15, -0.1) is 0 Å². The molecule has 204 valence electrons. The summed E-state index contributed by atoms with van der Waals surface area (Å²) < 4.78 is 35.0. The minimum atomic E-state index is -0.969. The van der Waals surface area contributed by atoms with Crippen LogP contribution >= 0.6 is 11.8 Å². The highest BCUT2D eigenvalue weighted by molar-refractivity contribution is 8.18. The first kappa shape index (κ1) is 27.7. The van der Waals surface area contributed by atoms with Crippen LogP contribution in [0.2, 0.25) is 0 Å². The van der Waals surface area contributed by atoms with E-state index in [1.165, 1.54) is 50.5 Å². The molecule has 39 heavy (non-hydrogen) atoms. The Morgan fingerprint density at radius 3 is 2.28 bits per heavy atom. The first-order valence-electron chi connectivity index (χ1n) is 11.8. The van der Waals surface area contributed by atoms with Crippen molar-refractivity contribution in [2.24, 2.45) is 4.99 Å². The van der Waals surface area contributed by atoms with Gasteiger partial charge >= 0.3 is 5.97 Å². The third kappa shape index (κ3) is 5.46. The first-order chi connectivity index (χ1) is 18.7. The summed E-state index contributed by atoms with van der Waals surface area (Å²) in [6.07, 6.45) is 1.16. The predicted molar refractivity (Wildman–Crippen MR) is 143 cm³/mol. The van der Waals surface area contributed by atoms with Gasteiger partial charge in [-0.1, -0.05) is 0 Å². The average molecular weight is 556 g/mol. The normalized spacial score (nSPS) is 16.6. The lowest BCUT2D eigenvalue weighted by Crippen LogP contribution is -2.45. The zero-order chi connectivity index (χ0) is 28.3. The summed E-state index contributed by atoms with van der Waals surface area (Å²) >= 11 is 0.963. The molecule has 2 heterocycles. The topological polar surface area (TPSA) is 116 Å². The molecule has 1 N–H and O–H groups in total. The van der Waals surface area contributed by atoms with E-state index in [1.807, 2.05) is 0 Å². The summed E-state index contributed by atoms with van der Waals surface area (Å²) in [7, 11) is 4.38. The lowest BCUT2D eigenvalue weighted by molar-refractivity contribution is -0.139. The van der Waals surface area contributed by atoms with Gasteiger partial charge in [0, 0.05) is 11.8 Å². The third-order valence-corrected chi connectivity index (χ3v) is 6.90. The molecule has 0 aromatic heterocycles. The highest BCUT2D eigenvalue weighted by Gasteiger charge is 2.43. The molecule has 0 bridgehead atoms. The van der Waals surface area contributed by atoms with E-state index in [9.17, 15) is 18.8 Å². The van der Waals surface area contributed by atoms with Crippen LogP contribution in [-0.4, -0.2) is 55.8 Å². The summed E-state index contributed by atoms with van der Waals surface area (Å²) in [5.41, 5.74) is 1.30. The summed E-state index contributed by atoms with van der Waals surface area (Å²) in [4.78, 5) is 45.5. The van der Waals surface area contributed by atoms with E-state index in [2.05, 4.69) is 10.3 Å². The monoisotopic (exact) mass is 555 g/mol. The van der Waals surface area contributed by atoms with Crippen LogP contribution in [-0.2, 0) is 19.1 Å². The molecular formula is C27H26FN3O7S. The van der Waals surface area contributed by atoms with Gasteiger partial charge in [-0.3, -0.25) is 14.5 Å². The van der Waals surface area contributed by atoms with Gasteiger partial charge in [0.05, 0.1) is 50.2 Å². The van der Waals surface area contributed by atoms with E-state index in [-0.39, 0.29) is 22.3 Å². The molecule has 0 saturated carbocycles. The van der Waals surface area contributed by atoms with Gasteiger partial charge in [0.2, 0.25) is 5.75 Å². The molecule has 0 radical (unpaired) electrons. The van der Waals surface area contributed by atoms with Crippen molar-refractivity contribution in [2.75, 3.05) is 33.3 Å². The second-order valence-electron chi connectivity index (χ2n) is 8.26. The maximum absolute atomic E-state index is 13.6. The van der Waals surface area contributed by atoms with Crippen molar-refractivity contribution >= 4 is 40.4 Å². The summed E-state index contributed by atoms with van der Waals surface area (Å²) in [6, 6.07) is 7.55. The van der Waals surface area contributed by atoms with Gasteiger partial charge in [-0.05, 0) is 67.6 Å². The molecule has 2 aliphatic rings. The Kier molecular flexibility index (Phi) is 8.24. The van der Waals surface area contributed by atoms with Gasteiger partial charge in [0.25, 0.3) is 11.8 Å². The molecule has 0 saturated heterocycles. The van der Waals surface area contributed by atoms with E-state index < -0.39 is 29.6 Å². The van der Waals surface area contributed by atoms with Crippen molar-refractivity contribution in [1.82, 2.24) is 4.90 Å². The number of nitrogens with one attached hydrogen (secondary N) is 1. The quantitative estimate of drug-likeness (QED) is 0.482. The van der Waals surface area contributed by atoms with Crippen molar-refractivity contribution in [3.8, 4) is 17.2 Å². The van der Waals surface area contributed by atoms with Gasteiger partial charge in [0.1, 0.15) is 5.82 Å². The van der Waals surface area contributed by atoms with Crippen molar-refractivity contribution in [2.45, 2.75) is 19.9 Å². The molecule has 2 aliphatic heterocycles. The molecule has 0 fully saturated rings. The Hall–Kier alpha value is -4.32. The summed E-state index contributed by atoms with van der Waals surface area (Å²) in [5.74, 6) is -1.25. The fourth-order valence-electron chi connectivity index (χ4n) is 4.18. The van der Waals surface area contributed by atoms with Crippen LogP contribution in [0.3, 0.4) is 0 Å². The first-order valence-corrected chi connectivity index (χ1v) is 12.6. The standard InChI is InChI=1S/C27H26FN3O7S/c1-6-38-26(34)22-14(2)29-27-31(23(22)15-11-18(35-3)24(37-5)19(12-15)36-4)21(32)13-20(39-27)25(33)30-17-9-7-16(28)8-10-17/h7-13,23H,6H2,1-5H3,(H,30,33)/t23-/m0/s1. The second-order valence-corrected chi connectivity index (χ2v) is 9.26. The number of thioether (sulfide) groups is 1. The number of esters is 1. The zero-order valence-corrected chi connectivity index (χ0v) is 22.7. The highest BCUT2D eigenvalue weighted by Crippen LogP contribution is 2.46. The Morgan fingerprint density at radius 1 is 1.08 bits per heavy atom. The molecule has 0 unspecified atom stereocenters. The smallest absolute Gasteiger partial charge is 0.338 e. The molecule has 0 aliphatic carbocycles. The number of anilines is 1. The van der Waals surface area contributed by atoms with E-state index in [1.54, 1.807) is 26.0 Å². The fraction of sp³-hybridized carbons (Fsp3) is 0.259. The van der Waals surface area contributed by atoms with Gasteiger partial charge in [-0.2, -0.15) is 0 Å². The Balaban J connectivity index is 1.80. The maximum Gasteiger partial charge on any atom is 0.338 e. The van der Waals surface area contributed by atoms with Crippen LogP contribution in [0.1, 0.15) is 25.5 Å². The molecule has 10 nitrogen and oxygen atoms in total. The lowest BCUT2D eigenvalue weighted by atomic mass is 9.93. The number of fused-ring (bicyclic) bond motifs is 1. The van der Waals surface area contributed by atoms with Crippen molar-refractivity contribution in [3.63, 3.8) is 0 Å². The Labute approximate surface area is 228 Å². The van der Waals surface area contributed by atoms with Crippen LogP contribution in [0.4, 0.5) is 10.1 Å². The second kappa shape index (κ2) is 11.6. The number of carbonyl (C=O) groups is 3. The van der Waals surface area contributed by atoms with Gasteiger partial charge in [-0.25, -0.2) is 14.2 Å². The lowest BCUT2D eigenvalue weighted by Gasteiger charge is -2.38. The summed E-state index contributed by atoms with van der Waals surface area (Å²) in [5, 5.41) is 2.83. The predicted octanol–water partition coefficient (Wildman–Crippen LogP) is 4.20. The SMILES string of the molecule is CCOC(=O)C1=C(C)N=C2SC(C(=O)Nc3ccc(F)cc3)=CC(=O)N2[C@H]1c1cc(OC)c(OC)c(OC)c1. The number of amides is 2. The molecule has 2 aromatic carbocycles. The van der Waals surface area contributed by atoms with E-state index in [0.29, 0.717) is 34.2 Å². The molecule has 0 spiro atoms. The maximum atomic E-state index is 13.6. The number of aliphatic imine (C=N–C) groups is 1. The number of ether oxygens (including phenoxy) is 4. The number of carbonyl (C=O) groups excluding carboxylic acids is 3. The average Bonchev–Trinajstić information content (AvgIpc) is 2.92. The number of methoxy groups -OCH3 is 3. The number of nitrogens with zero attached hydrogens (tertiary/aromatic N) is 2. The van der Waals surface area contributed by atoms with Crippen LogP contribution in [0.5, 0.6) is 17.2 Å². The Morgan fingerprint density at radius 2 is 1.72 bits per heavy atom. The number of amidine groups is 1. The minimum Gasteiger partial charge on any atom is -0.493 e. The molecule has 2 amide bonds. The molecule has 1 atom stereocenters. The Bertz CT molecular complexity index is 1390. The van der Waals surface area contributed by atoms with Crippen LogP contribution in [0.25, 0.3) is 0 Å². The molecule has 12 heteroatoms. The van der Waals surface area contributed by atoms with E-state index in [4.69, 9.17) is 18.9 Å². The third-order valence-electron chi connectivity index (χ3n) is 5.91. The van der Waals surface area contributed by atoms with Crippen LogP contribution in [0.15, 0.2) is 63.6 Å². The van der Waals surface area contributed by atoms with Crippen molar-refractivity contribution in [1.29, 1.82) is 0 Å². The molecule has 4 rings (SSSR count). The van der Waals surface area contributed by atoms with Gasteiger partial charge in [0.15, 0.2) is 16.7 Å². The van der Waals surface area contributed by atoms with Crippen LogP contribution < -0.4 is 19.5 Å². The van der Waals surface area contributed by atoms with E-state index in [0.717, 1.165) is 17.8 Å². The fourth-order valence-corrected chi connectivity index (χ4v) is 5.16. The summed E-state index contributed by atoms with van der Waals surface area (Å²) in [6.45, 7) is 3.42. The largest absolute Gasteiger partial charge is 0.493 e. The number of benzene rings is 2. The van der Waals surface area contributed by atoms with Gasteiger partial charge < -0.3 is 24.3 Å². The number of hydrogen-bond acceptors (Lipinski definition) is 9. The molecule has 2 aromatic rings. The van der Waals surface area contributed by atoms with Crippen molar-refractivity contribution in [3.05, 3.63) is 70.0 Å². The molecular weight excluding hydrogens is 529 g/mol.